The maximum atomic E-state index is 2.12. The van der Waals surface area contributed by atoms with Gasteiger partial charge in [-0.05, 0) is 63.8 Å². The van der Waals surface area contributed by atoms with Crippen molar-refractivity contribution in [3.8, 4) is 0 Å². The smallest absolute Gasteiger partial charge is 0.0395 e. The summed E-state index contributed by atoms with van der Waals surface area (Å²) >= 11 is 0. The molecule has 0 unspecified atom stereocenters. The van der Waals surface area contributed by atoms with Gasteiger partial charge >= 0.3 is 0 Å². The third-order valence-corrected chi connectivity index (χ3v) is 4.07. The van der Waals surface area contributed by atoms with Gasteiger partial charge in [0.15, 0.2) is 0 Å². The van der Waals surface area contributed by atoms with Crippen LogP contribution in [0, 0.1) is 41.5 Å². The van der Waals surface area contributed by atoms with Crippen molar-refractivity contribution in [1.29, 1.82) is 0 Å². The van der Waals surface area contributed by atoms with Crippen LogP contribution < -0.4 is 0 Å². The highest BCUT2D eigenvalue weighted by Crippen LogP contribution is 2.03. The first-order chi connectivity index (χ1) is 11.4. The Kier molecular flexibility index (Phi) is 8.57. The summed E-state index contributed by atoms with van der Waals surface area (Å²) in [7, 11) is 0. The standard InChI is InChI=1S/3C8H10/c1-7-3-5-8(2)6-4-7;2*1-7-5-3-4-6-8(7)2/h3*3-6H,1-2H3. The highest BCUT2D eigenvalue weighted by atomic mass is 13.9. The van der Waals surface area contributed by atoms with Crippen LogP contribution in [0.15, 0.2) is 72.8 Å². The van der Waals surface area contributed by atoms with Crippen molar-refractivity contribution < 1.29 is 0 Å². The lowest BCUT2D eigenvalue weighted by Gasteiger charge is -1.93. The summed E-state index contributed by atoms with van der Waals surface area (Å²) < 4.78 is 0. The first-order valence-corrected chi connectivity index (χ1v) is 8.48. The van der Waals surface area contributed by atoms with Crippen LogP contribution in [0.1, 0.15) is 33.4 Å². The van der Waals surface area contributed by atoms with Gasteiger partial charge in [-0.15, -0.1) is 0 Å². The van der Waals surface area contributed by atoms with Gasteiger partial charge in [0.05, 0.1) is 0 Å². The van der Waals surface area contributed by atoms with Crippen LogP contribution in [0.3, 0.4) is 0 Å². The molecule has 0 aliphatic carbocycles. The van der Waals surface area contributed by atoms with E-state index in [1.807, 2.05) is 0 Å². The quantitative estimate of drug-likeness (QED) is 0.422. The van der Waals surface area contributed by atoms with Crippen molar-refractivity contribution in [3.63, 3.8) is 0 Å². The molecule has 0 fully saturated rings. The molecule has 3 aromatic carbocycles. The molecule has 24 heavy (non-hydrogen) atoms. The normalized spacial score (nSPS) is 9.25. The summed E-state index contributed by atoms with van der Waals surface area (Å²) in [6.07, 6.45) is 0. The molecule has 0 heterocycles. The van der Waals surface area contributed by atoms with Gasteiger partial charge in [-0.2, -0.15) is 0 Å². The molecule has 0 saturated carbocycles. The second-order valence-electron chi connectivity index (χ2n) is 6.32. The van der Waals surface area contributed by atoms with Gasteiger partial charge in [0.25, 0.3) is 0 Å². The van der Waals surface area contributed by atoms with Crippen LogP contribution in [0.25, 0.3) is 0 Å². The molecule has 0 bridgehead atoms. The van der Waals surface area contributed by atoms with Gasteiger partial charge in [0.2, 0.25) is 0 Å². The molecule has 0 radical (unpaired) electrons. The lowest BCUT2D eigenvalue weighted by atomic mass is 10.1. The van der Waals surface area contributed by atoms with E-state index in [1.54, 1.807) is 0 Å². The van der Waals surface area contributed by atoms with E-state index in [0.29, 0.717) is 0 Å². The van der Waals surface area contributed by atoms with E-state index in [0.717, 1.165) is 0 Å². The van der Waals surface area contributed by atoms with E-state index in [9.17, 15) is 0 Å². The molecule has 0 nitrogen and oxygen atoms in total. The van der Waals surface area contributed by atoms with E-state index in [2.05, 4.69) is 114 Å². The SMILES string of the molecule is Cc1ccc(C)cc1.Cc1ccccc1C.Cc1ccccc1C. The van der Waals surface area contributed by atoms with Crippen molar-refractivity contribution >= 4 is 0 Å². The molecule has 0 N–H and O–H groups in total. The van der Waals surface area contributed by atoms with Gasteiger partial charge in [0.1, 0.15) is 0 Å². The minimum atomic E-state index is 1.33. The lowest BCUT2D eigenvalue weighted by Crippen LogP contribution is -1.74. The van der Waals surface area contributed by atoms with Crippen LogP contribution >= 0.6 is 0 Å². The van der Waals surface area contributed by atoms with Crippen LogP contribution in [0.4, 0.5) is 0 Å². The molecule has 126 valence electrons. The van der Waals surface area contributed by atoms with Crippen LogP contribution in [-0.4, -0.2) is 0 Å². The highest BCUT2D eigenvalue weighted by Gasteiger charge is 1.84. The predicted octanol–water partition coefficient (Wildman–Crippen LogP) is 6.91. The topological polar surface area (TPSA) is 0 Å². The van der Waals surface area contributed by atoms with Crippen molar-refractivity contribution in [2.45, 2.75) is 41.5 Å². The molecule has 0 aliphatic heterocycles. The van der Waals surface area contributed by atoms with Crippen LogP contribution in [-0.2, 0) is 0 Å². The van der Waals surface area contributed by atoms with Crippen molar-refractivity contribution in [1.82, 2.24) is 0 Å². The number of aryl methyl sites for hydroxylation is 6. The fourth-order valence-corrected chi connectivity index (χ4v) is 1.96. The van der Waals surface area contributed by atoms with E-state index >= 15 is 0 Å². The van der Waals surface area contributed by atoms with Gasteiger partial charge < -0.3 is 0 Å². The highest BCUT2D eigenvalue weighted by molar-refractivity contribution is 5.24. The summed E-state index contributed by atoms with van der Waals surface area (Å²) in [6, 6.07) is 25.2. The lowest BCUT2D eigenvalue weighted by molar-refractivity contribution is 1.34. The first-order valence-electron chi connectivity index (χ1n) is 8.48. The number of benzene rings is 3. The predicted molar refractivity (Wildman–Crippen MR) is 108 cm³/mol. The minimum Gasteiger partial charge on any atom is -0.0620 e. The van der Waals surface area contributed by atoms with E-state index in [-0.39, 0.29) is 0 Å². The minimum absolute atomic E-state index is 1.33. The van der Waals surface area contributed by atoms with Gasteiger partial charge in [0, 0.05) is 0 Å². The largest absolute Gasteiger partial charge is 0.0620 e. The van der Waals surface area contributed by atoms with E-state index < -0.39 is 0 Å². The molecule has 0 aromatic heterocycles. The summed E-state index contributed by atoms with van der Waals surface area (Å²) in [5, 5.41) is 0. The molecule has 3 rings (SSSR count). The maximum Gasteiger partial charge on any atom is -0.0395 e. The molecule has 0 amide bonds. The molecule has 0 saturated heterocycles. The summed E-state index contributed by atoms with van der Waals surface area (Å²) in [6.45, 7) is 12.7. The molecule has 0 spiro atoms. The fourth-order valence-electron chi connectivity index (χ4n) is 1.96. The molecular formula is C24H30. The van der Waals surface area contributed by atoms with E-state index in [1.165, 1.54) is 33.4 Å². The summed E-state index contributed by atoms with van der Waals surface area (Å²) in [4.78, 5) is 0. The third-order valence-electron chi connectivity index (χ3n) is 4.07. The van der Waals surface area contributed by atoms with Crippen molar-refractivity contribution in [2.24, 2.45) is 0 Å². The second-order valence-corrected chi connectivity index (χ2v) is 6.32. The molecule has 3 aromatic rings. The zero-order valence-corrected chi connectivity index (χ0v) is 15.9. The Balaban J connectivity index is 0.000000180. The fraction of sp³-hybridized carbons (Fsp3) is 0.250. The zero-order chi connectivity index (χ0) is 17.9. The van der Waals surface area contributed by atoms with Gasteiger partial charge in [-0.1, -0.05) is 83.9 Å². The first kappa shape index (κ1) is 19.7. The Labute approximate surface area is 148 Å². The Morgan fingerprint density at radius 2 is 0.542 bits per heavy atom. The number of hydrogen-bond donors (Lipinski definition) is 0. The maximum absolute atomic E-state index is 2.12. The number of hydrogen-bond acceptors (Lipinski definition) is 0. The average Bonchev–Trinajstić information content (AvgIpc) is 2.57. The molecule has 0 aliphatic rings. The molecule has 0 atom stereocenters. The molecule has 0 heteroatoms. The monoisotopic (exact) mass is 318 g/mol. The van der Waals surface area contributed by atoms with Gasteiger partial charge in [-0.3, -0.25) is 0 Å². The third kappa shape index (κ3) is 7.78. The van der Waals surface area contributed by atoms with Crippen molar-refractivity contribution in [2.75, 3.05) is 0 Å². The summed E-state index contributed by atoms with van der Waals surface area (Å²) in [5.41, 5.74) is 8.13. The molecular weight excluding hydrogens is 288 g/mol. The Morgan fingerprint density at radius 1 is 0.333 bits per heavy atom. The summed E-state index contributed by atoms with van der Waals surface area (Å²) in [5.74, 6) is 0. The van der Waals surface area contributed by atoms with Crippen molar-refractivity contribution in [3.05, 3.63) is 106 Å². The van der Waals surface area contributed by atoms with Crippen LogP contribution in [0.2, 0.25) is 0 Å². The van der Waals surface area contributed by atoms with E-state index in [4.69, 9.17) is 0 Å². The Bertz CT molecular complexity index is 615. The number of rotatable bonds is 0. The Hall–Kier alpha value is -2.34. The average molecular weight is 319 g/mol. The second kappa shape index (κ2) is 10.4. The van der Waals surface area contributed by atoms with Gasteiger partial charge in [-0.25, -0.2) is 0 Å². The zero-order valence-electron chi connectivity index (χ0n) is 15.9. The van der Waals surface area contributed by atoms with Crippen LogP contribution in [0.5, 0.6) is 0 Å². The Morgan fingerprint density at radius 3 is 0.708 bits per heavy atom.